The summed E-state index contributed by atoms with van der Waals surface area (Å²) in [7, 11) is -3.54. The standard InChI is InChI=1S/C13H20N2O3S/c1-5-14-19(17,18)11-7-6-10(4)12(8-11)13(16)15-9(2)3/h6-9,14H,5H2,1-4H3,(H,15,16). The molecule has 19 heavy (non-hydrogen) atoms. The fourth-order valence-electron chi connectivity index (χ4n) is 1.63. The number of carbonyl (C=O) groups is 1. The maximum absolute atomic E-state index is 12.0. The lowest BCUT2D eigenvalue weighted by molar-refractivity contribution is 0.0942. The molecule has 0 spiro atoms. The van der Waals surface area contributed by atoms with Gasteiger partial charge in [0.25, 0.3) is 5.91 Å². The number of amides is 1. The summed E-state index contributed by atoms with van der Waals surface area (Å²) < 4.78 is 26.2. The maximum atomic E-state index is 12.0. The van der Waals surface area contributed by atoms with Crippen LogP contribution in [0.3, 0.4) is 0 Å². The first-order valence-corrected chi connectivity index (χ1v) is 7.67. The monoisotopic (exact) mass is 284 g/mol. The average molecular weight is 284 g/mol. The molecule has 0 unspecified atom stereocenters. The van der Waals surface area contributed by atoms with E-state index >= 15 is 0 Å². The smallest absolute Gasteiger partial charge is 0.251 e. The van der Waals surface area contributed by atoms with Crippen LogP contribution in [0.2, 0.25) is 0 Å². The molecule has 1 aromatic carbocycles. The zero-order valence-corrected chi connectivity index (χ0v) is 12.5. The van der Waals surface area contributed by atoms with Crippen molar-refractivity contribution in [3.8, 4) is 0 Å². The Morgan fingerprint density at radius 1 is 1.32 bits per heavy atom. The summed E-state index contributed by atoms with van der Waals surface area (Å²) in [4.78, 5) is 12.1. The zero-order chi connectivity index (χ0) is 14.6. The van der Waals surface area contributed by atoms with Gasteiger partial charge in [0.2, 0.25) is 10.0 Å². The van der Waals surface area contributed by atoms with Gasteiger partial charge in [0.15, 0.2) is 0 Å². The second kappa shape index (κ2) is 6.16. The molecule has 1 rings (SSSR count). The molecule has 0 fully saturated rings. The van der Waals surface area contributed by atoms with E-state index in [-0.39, 0.29) is 16.8 Å². The topological polar surface area (TPSA) is 75.3 Å². The molecule has 6 heteroatoms. The lowest BCUT2D eigenvalue weighted by atomic mass is 10.1. The normalized spacial score (nSPS) is 11.6. The largest absolute Gasteiger partial charge is 0.350 e. The molecule has 0 saturated heterocycles. The maximum Gasteiger partial charge on any atom is 0.251 e. The number of hydrogen-bond donors (Lipinski definition) is 2. The highest BCUT2D eigenvalue weighted by molar-refractivity contribution is 7.89. The van der Waals surface area contributed by atoms with E-state index in [1.165, 1.54) is 12.1 Å². The van der Waals surface area contributed by atoms with Gasteiger partial charge in [-0.3, -0.25) is 4.79 Å². The van der Waals surface area contributed by atoms with Crippen LogP contribution < -0.4 is 10.0 Å². The molecule has 1 amide bonds. The van der Waals surface area contributed by atoms with E-state index in [0.717, 1.165) is 5.56 Å². The van der Waals surface area contributed by atoms with E-state index in [0.29, 0.717) is 12.1 Å². The van der Waals surface area contributed by atoms with Crippen molar-refractivity contribution in [2.24, 2.45) is 0 Å². The Hall–Kier alpha value is -1.40. The molecule has 0 bridgehead atoms. The Bertz CT molecular complexity index is 565. The van der Waals surface area contributed by atoms with Crippen molar-refractivity contribution in [1.82, 2.24) is 10.0 Å². The van der Waals surface area contributed by atoms with Crippen molar-refractivity contribution in [2.75, 3.05) is 6.54 Å². The fourth-order valence-corrected chi connectivity index (χ4v) is 2.69. The molecular weight excluding hydrogens is 264 g/mol. The molecule has 2 N–H and O–H groups in total. The van der Waals surface area contributed by atoms with Gasteiger partial charge in [0.1, 0.15) is 0 Å². The highest BCUT2D eigenvalue weighted by atomic mass is 32.2. The van der Waals surface area contributed by atoms with Crippen LogP contribution in [0.4, 0.5) is 0 Å². The second-order valence-corrected chi connectivity index (χ2v) is 6.37. The van der Waals surface area contributed by atoms with Crippen molar-refractivity contribution in [1.29, 1.82) is 0 Å². The minimum absolute atomic E-state index is 0.000861. The van der Waals surface area contributed by atoms with Gasteiger partial charge < -0.3 is 5.32 Å². The summed E-state index contributed by atoms with van der Waals surface area (Å²) >= 11 is 0. The number of sulfonamides is 1. The Balaban J connectivity index is 3.18. The van der Waals surface area contributed by atoms with Crippen LogP contribution in [0.1, 0.15) is 36.7 Å². The van der Waals surface area contributed by atoms with Gasteiger partial charge >= 0.3 is 0 Å². The molecular formula is C13H20N2O3S. The Morgan fingerprint density at radius 3 is 2.47 bits per heavy atom. The Morgan fingerprint density at radius 2 is 1.95 bits per heavy atom. The first kappa shape index (κ1) is 15.7. The first-order valence-electron chi connectivity index (χ1n) is 6.19. The number of benzene rings is 1. The van der Waals surface area contributed by atoms with Crippen molar-refractivity contribution in [3.05, 3.63) is 29.3 Å². The molecule has 0 saturated carbocycles. The summed E-state index contributed by atoms with van der Waals surface area (Å²) in [6, 6.07) is 4.55. The third-order valence-corrected chi connectivity index (χ3v) is 4.06. The number of rotatable bonds is 5. The molecule has 0 radical (unpaired) electrons. The van der Waals surface area contributed by atoms with E-state index in [4.69, 9.17) is 0 Å². The van der Waals surface area contributed by atoms with Gasteiger partial charge in [-0.05, 0) is 38.5 Å². The van der Waals surface area contributed by atoms with Gasteiger partial charge in [-0.15, -0.1) is 0 Å². The Kier molecular flexibility index (Phi) is 5.08. The molecule has 0 atom stereocenters. The van der Waals surface area contributed by atoms with Crippen LogP contribution in [-0.4, -0.2) is 26.9 Å². The van der Waals surface area contributed by atoms with E-state index in [2.05, 4.69) is 10.0 Å². The number of aryl methyl sites for hydroxylation is 1. The summed E-state index contributed by atoms with van der Waals surface area (Å²) in [6.45, 7) is 7.50. The minimum atomic E-state index is -3.54. The van der Waals surface area contributed by atoms with Crippen LogP contribution in [-0.2, 0) is 10.0 Å². The molecule has 0 heterocycles. The van der Waals surface area contributed by atoms with Gasteiger partial charge in [-0.2, -0.15) is 0 Å². The third-order valence-electron chi connectivity index (χ3n) is 2.52. The molecule has 106 valence electrons. The molecule has 0 aromatic heterocycles. The van der Waals surface area contributed by atoms with Crippen LogP contribution in [0, 0.1) is 6.92 Å². The first-order chi connectivity index (χ1) is 8.77. The lowest BCUT2D eigenvalue weighted by Gasteiger charge is -2.12. The van der Waals surface area contributed by atoms with Gasteiger partial charge in [0.05, 0.1) is 4.90 Å². The molecule has 1 aromatic rings. The number of hydrogen-bond acceptors (Lipinski definition) is 3. The van der Waals surface area contributed by atoms with E-state index < -0.39 is 10.0 Å². The number of carbonyl (C=O) groups excluding carboxylic acids is 1. The highest BCUT2D eigenvalue weighted by Gasteiger charge is 2.17. The number of nitrogens with one attached hydrogen (secondary N) is 2. The van der Waals surface area contributed by atoms with Gasteiger partial charge in [-0.25, -0.2) is 13.1 Å². The predicted octanol–water partition coefficient (Wildman–Crippen LogP) is 1.43. The minimum Gasteiger partial charge on any atom is -0.350 e. The molecule has 0 aliphatic heterocycles. The molecule has 5 nitrogen and oxygen atoms in total. The summed E-state index contributed by atoms with van der Waals surface area (Å²) in [5.74, 6) is -0.263. The third kappa shape index (κ3) is 4.04. The highest BCUT2D eigenvalue weighted by Crippen LogP contribution is 2.15. The van der Waals surface area contributed by atoms with Gasteiger partial charge in [0, 0.05) is 18.2 Å². The van der Waals surface area contributed by atoms with Crippen LogP contribution in [0.5, 0.6) is 0 Å². The molecule has 0 aliphatic rings. The van der Waals surface area contributed by atoms with Crippen molar-refractivity contribution >= 4 is 15.9 Å². The van der Waals surface area contributed by atoms with E-state index in [1.54, 1.807) is 19.9 Å². The second-order valence-electron chi connectivity index (χ2n) is 4.61. The zero-order valence-electron chi connectivity index (χ0n) is 11.6. The lowest BCUT2D eigenvalue weighted by Crippen LogP contribution is -2.31. The van der Waals surface area contributed by atoms with Crippen molar-refractivity contribution < 1.29 is 13.2 Å². The quantitative estimate of drug-likeness (QED) is 0.859. The van der Waals surface area contributed by atoms with E-state index in [9.17, 15) is 13.2 Å². The van der Waals surface area contributed by atoms with Gasteiger partial charge in [-0.1, -0.05) is 13.0 Å². The average Bonchev–Trinajstić information content (AvgIpc) is 2.27. The predicted molar refractivity (Wildman–Crippen MR) is 74.6 cm³/mol. The van der Waals surface area contributed by atoms with Crippen LogP contribution in [0.15, 0.2) is 23.1 Å². The van der Waals surface area contributed by atoms with Crippen LogP contribution in [0.25, 0.3) is 0 Å². The fraction of sp³-hybridized carbons (Fsp3) is 0.462. The Labute approximate surface area is 114 Å². The summed E-state index contributed by atoms with van der Waals surface area (Å²) in [5.41, 5.74) is 1.13. The SMILES string of the molecule is CCNS(=O)(=O)c1ccc(C)c(C(=O)NC(C)C)c1. The van der Waals surface area contributed by atoms with Crippen molar-refractivity contribution in [2.45, 2.75) is 38.6 Å². The van der Waals surface area contributed by atoms with Crippen LogP contribution >= 0.6 is 0 Å². The summed E-state index contributed by atoms with van der Waals surface area (Å²) in [5, 5.41) is 2.76. The van der Waals surface area contributed by atoms with Crippen molar-refractivity contribution in [3.63, 3.8) is 0 Å². The summed E-state index contributed by atoms with van der Waals surface area (Å²) in [6.07, 6.45) is 0. The molecule has 0 aliphatic carbocycles. The van der Waals surface area contributed by atoms with E-state index in [1.807, 2.05) is 13.8 Å².